The van der Waals surface area contributed by atoms with Gasteiger partial charge in [0.15, 0.2) is 15.9 Å². The van der Waals surface area contributed by atoms with Crippen molar-refractivity contribution in [2.75, 3.05) is 23.7 Å². The fourth-order valence-corrected chi connectivity index (χ4v) is 5.12. The van der Waals surface area contributed by atoms with Crippen LogP contribution < -0.4 is 15.8 Å². The number of thiazole rings is 1. The van der Waals surface area contributed by atoms with Gasteiger partial charge in [0.25, 0.3) is 5.56 Å². The largest absolute Gasteiger partial charge is 0.353 e. The van der Waals surface area contributed by atoms with Gasteiger partial charge < -0.3 is 10.2 Å². The molecule has 2 aromatic rings. The number of anilines is 1. The number of hydrogen-bond donors (Lipinski definition) is 1. The molecule has 0 saturated carbocycles. The van der Waals surface area contributed by atoms with Crippen LogP contribution in [0.2, 0.25) is 0 Å². The fourth-order valence-electron chi connectivity index (χ4n) is 3.29. The number of nitrogens with one attached hydrogen (secondary N) is 1. The molecule has 9 heteroatoms. The van der Waals surface area contributed by atoms with Crippen LogP contribution in [0.25, 0.3) is 10.3 Å². The molecule has 1 N–H and O–H groups in total. The molecule has 1 fully saturated rings. The molecule has 1 saturated heterocycles. The molecule has 7 nitrogen and oxygen atoms in total. The highest BCUT2D eigenvalue weighted by molar-refractivity contribution is 7.99. The molecule has 3 heterocycles. The van der Waals surface area contributed by atoms with Gasteiger partial charge in [0.05, 0.1) is 5.75 Å². The fraction of sp³-hybridized carbons (Fsp3) is 0.700. The summed E-state index contributed by atoms with van der Waals surface area (Å²) in [5.41, 5.74) is 0.460. The smallest absolute Gasteiger partial charge is 0.273 e. The van der Waals surface area contributed by atoms with Gasteiger partial charge in [0, 0.05) is 25.7 Å². The van der Waals surface area contributed by atoms with Gasteiger partial charge in [-0.05, 0) is 38.5 Å². The van der Waals surface area contributed by atoms with Crippen molar-refractivity contribution in [1.82, 2.24) is 19.9 Å². The van der Waals surface area contributed by atoms with Crippen molar-refractivity contribution in [2.24, 2.45) is 5.92 Å². The molecule has 2 aromatic heterocycles. The Hall–Kier alpha value is -1.61. The molecular weight excluding hydrogens is 406 g/mol. The van der Waals surface area contributed by atoms with Crippen LogP contribution in [0.1, 0.15) is 53.4 Å². The Labute approximate surface area is 180 Å². The SMILES string of the molecule is CCCn1c(SCC(=O)N[C@@H](C)CC)nc2nc(N3CCC(C)CC3)sc2c1=O. The van der Waals surface area contributed by atoms with E-state index in [-0.39, 0.29) is 23.3 Å². The molecule has 1 aliphatic heterocycles. The van der Waals surface area contributed by atoms with E-state index in [0.717, 1.165) is 49.8 Å². The Morgan fingerprint density at radius 1 is 1.31 bits per heavy atom. The molecule has 3 rings (SSSR count). The van der Waals surface area contributed by atoms with E-state index in [1.807, 2.05) is 20.8 Å². The molecule has 29 heavy (non-hydrogen) atoms. The van der Waals surface area contributed by atoms with E-state index in [1.165, 1.54) is 23.1 Å². The summed E-state index contributed by atoms with van der Waals surface area (Å²) in [5.74, 6) is 0.945. The Kier molecular flexibility index (Phi) is 7.56. The lowest BCUT2D eigenvalue weighted by atomic mass is 10.00. The predicted molar refractivity (Wildman–Crippen MR) is 121 cm³/mol. The maximum atomic E-state index is 13.1. The van der Waals surface area contributed by atoms with Crippen LogP contribution in [-0.4, -0.2) is 45.3 Å². The molecule has 1 aliphatic rings. The number of amides is 1. The van der Waals surface area contributed by atoms with Crippen LogP contribution in [0.15, 0.2) is 9.95 Å². The van der Waals surface area contributed by atoms with E-state index in [1.54, 1.807) is 4.57 Å². The van der Waals surface area contributed by atoms with Crippen molar-refractivity contribution in [3.63, 3.8) is 0 Å². The lowest BCUT2D eigenvalue weighted by Gasteiger charge is -2.29. The summed E-state index contributed by atoms with van der Waals surface area (Å²) in [6.45, 7) is 10.9. The van der Waals surface area contributed by atoms with Crippen molar-refractivity contribution < 1.29 is 4.79 Å². The number of nitrogens with zero attached hydrogens (tertiary/aromatic N) is 4. The predicted octanol–water partition coefficient (Wildman–Crippen LogP) is 3.51. The van der Waals surface area contributed by atoms with Gasteiger partial charge in [0.2, 0.25) is 5.91 Å². The summed E-state index contributed by atoms with van der Waals surface area (Å²) >= 11 is 2.76. The summed E-state index contributed by atoms with van der Waals surface area (Å²) in [4.78, 5) is 36.9. The number of aromatic nitrogens is 3. The van der Waals surface area contributed by atoms with E-state index < -0.39 is 0 Å². The number of carbonyl (C=O) groups excluding carboxylic acids is 1. The highest BCUT2D eigenvalue weighted by Crippen LogP contribution is 2.30. The Morgan fingerprint density at radius 3 is 2.69 bits per heavy atom. The molecule has 0 radical (unpaired) electrons. The number of fused-ring (bicyclic) bond motifs is 1. The first-order valence-electron chi connectivity index (χ1n) is 10.5. The summed E-state index contributed by atoms with van der Waals surface area (Å²) in [6.07, 6.45) is 4.01. The molecule has 0 unspecified atom stereocenters. The average molecular weight is 438 g/mol. The van der Waals surface area contributed by atoms with Crippen LogP contribution in [0.3, 0.4) is 0 Å². The molecular formula is C20H31N5O2S2. The third-order valence-electron chi connectivity index (χ3n) is 5.32. The molecule has 0 spiro atoms. The van der Waals surface area contributed by atoms with Crippen LogP contribution in [0.5, 0.6) is 0 Å². The average Bonchev–Trinajstić information content (AvgIpc) is 3.13. The molecule has 0 aromatic carbocycles. The van der Waals surface area contributed by atoms with Gasteiger partial charge in [-0.2, -0.15) is 4.98 Å². The van der Waals surface area contributed by atoms with Gasteiger partial charge >= 0.3 is 0 Å². The number of piperidine rings is 1. The maximum absolute atomic E-state index is 13.1. The first-order chi connectivity index (χ1) is 13.9. The van der Waals surface area contributed by atoms with E-state index in [4.69, 9.17) is 0 Å². The Morgan fingerprint density at radius 2 is 2.03 bits per heavy atom. The minimum Gasteiger partial charge on any atom is -0.353 e. The van der Waals surface area contributed by atoms with Gasteiger partial charge in [0.1, 0.15) is 4.70 Å². The molecule has 0 aliphatic carbocycles. The Balaban J connectivity index is 1.85. The number of thioether (sulfide) groups is 1. The van der Waals surface area contributed by atoms with Crippen LogP contribution in [0, 0.1) is 5.92 Å². The summed E-state index contributed by atoms with van der Waals surface area (Å²) in [5, 5.41) is 4.42. The van der Waals surface area contributed by atoms with Gasteiger partial charge in [-0.25, -0.2) is 4.98 Å². The summed E-state index contributed by atoms with van der Waals surface area (Å²) in [6, 6.07) is 0.143. The second-order valence-corrected chi connectivity index (χ2v) is 9.76. The summed E-state index contributed by atoms with van der Waals surface area (Å²) < 4.78 is 2.31. The van der Waals surface area contributed by atoms with E-state index in [0.29, 0.717) is 22.0 Å². The standard InChI is InChI=1S/C20H31N5O2S2/c1-5-9-25-18(27)16-17(22-19(29-16)24-10-7-13(3)8-11-24)23-20(25)28-12-15(26)21-14(4)6-2/h13-14H,5-12H2,1-4H3,(H,21,26)/t14-/m0/s1. The zero-order valence-corrected chi connectivity index (χ0v) is 19.4. The van der Waals surface area contributed by atoms with E-state index in [9.17, 15) is 9.59 Å². The zero-order chi connectivity index (χ0) is 21.0. The minimum absolute atomic E-state index is 0.0388. The zero-order valence-electron chi connectivity index (χ0n) is 17.7. The molecule has 0 bridgehead atoms. The monoisotopic (exact) mass is 437 g/mol. The van der Waals surface area contributed by atoms with Crippen LogP contribution in [-0.2, 0) is 11.3 Å². The van der Waals surface area contributed by atoms with Crippen molar-refractivity contribution >= 4 is 44.5 Å². The van der Waals surface area contributed by atoms with E-state index >= 15 is 0 Å². The van der Waals surface area contributed by atoms with Crippen LogP contribution >= 0.6 is 23.1 Å². The third-order valence-corrected chi connectivity index (χ3v) is 7.39. The molecule has 160 valence electrons. The molecule has 1 atom stereocenters. The normalized spacial score (nSPS) is 16.3. The number of rotatable bonds is 8. The number of hydrogen-bond acceptors (Lipinski definition) is 7. The third kappa shape index (κ3) is 5.31. The van der Waals surface area contributed by atoms with Gasteiger partial charge in [-0.1, -0.05) is 43.9 Å². The van der Waals surface area contributed by atoms with Gasteiger partial charge in [-0.3, -0.25) is 14.2 Å². The lowest BCUT2D eigenvalue weighted by Crippen LogP contribution is -2.33. The highest BCUT2D eigenvalue weighted by Gasteiger charge is 2.22. The summed E-state index contributed by atoms with van der Waals surface area (Å²) in [7, 11) is 0. The van der Waals surface area contributed by atoms with Gasteiger partial charge in [-0.15, -0.1) is 0 Å². The minimum atomic E-state index is -0.0455. The van der Waals surface area contributed by atoms with Crippen molar-refractivity contribution in [2.45, 2.75) is 71.1 Å². The first-order valence-corrected chi connectivity index (χ1v) is 12.3. The topological polar surface area (TPSA) is 80.1 Å². The van der Waals surface area contributed by atoms with Crippen LogP contribution in [0.4, 0.5) is 5.13 Å². The number of carbonyl (C=O) groups is 1. The van der Waals surface area contributed by atoms with Crippen molar-refractivity contribution in [3.05, 3.63) is 10.4 Å². The lowest BCUT2D eigenvalue weighted by molar-refractivity contribution is -0.119. The first kappa shape index (κ1) is 22.1. The Bertz CT molecular complexity index is 902. The maximum Gasteiger partial charge on any atom is 0.273 e. The second-order valence-electron chi connectivity index (χ2n) is 7.84. The quantitative estimate of drug-likeness (QED) is 0.503. The molecule has 1 amide bonds. The van der Waals surface area contributed by atoms with Crippen molar-refractivity contribution in [3.8, 4) is 0 Å². The second kappa shape index (κ2) is 9.93. The van der Waals surface area contributed by atoms with E-state index in [2.05, 4.69) is 27.1 Å². The van der Waals surface area contributed by atoms with Crippen molar-refractivity contribution in [1.29, 1.82) is 0 Å². The highest BCUT2D eigenvalue weighted by atomic mass is 32.2.